The zero-order valence-corrected chi connectivity index (χ0v) is 26.4. The SMILES string of the molecule is CS(=O)(=O)N(CC(=O)N(Cc1ccc(Cl)cc1)[C@H](Cc1ccccc1)C(=O)NC1CCCCC1)c1cccc2ccccc12. The number of rotatable bonds is 11. The summed E-state index contributed by atoms with van der Waals surface area (Å²) in [6.07, 6.45) is 6.44. The highest BCUT2D eigenvalue weighted by Crippen LogP contribution is 2.29. The molecule has 4 aromatic carbocycles. The molecule has 0 aromatic heterocycles. The first-order valence-electron chi connectivity index (χ1n) is 15.0. The maximum absolute atomic E-state index is 14.4. The van der Waals surface area contributed by atoms with Crippen molar-refractivity contribution in [1.82, 2.24) is 10.2 Å². The average Bonchev–Trinajstić information content (AvgIpc) is 3.02. The Labute approximate surface area is 264 Å². The van der Waals surface area contributed by atoms with Crippen molar-refractivity contribution in [1.29, 1.82) is 0 Å². The molecule has 1 N–H and O–H groups in total. The summed E-state index contributed by atoms with van der Waals surface area (Å²) in [5.74, 6) is -0.711. The van der Waals surface area contributed by atoms with Crippen LogP contribution in [0.25, 0.3) is 10.8 Å². The third kappa shape index (κ3) is 7.98. The third-order valence-electron chi connectivity index (χ3n) is 8.20. The van der Waals surface area contributed by atoms with Crippen molar-refractivity contribution in [3.63, 3.8) is 0 Å². The van der Waals surface area contributed by atoms with Crippen LogP contribution < -0.4 is 9.62 Å². The second-order valence-corrected chi connectivity index (χ2v) is 13.8. The fourth-order valence-corrected chi connectivity index (χ4v) is 6.89. The fourth-order valence-electron chi connectivity index (χ4n) is 5.91. The van der Waals surface area contributed by atoms with Gasteiger partial charge in [0.05, 0.1) is 11.9 Å². The lowest BCUT2D eigenvalue weighted by Crippen LogP contribution is -2.55. The smallest absolute Gasteiger partial charge is 0.244 e. The molecule has 1 aliphatic carbocycles. The minimum absolute atomic E-state index is 0.0465. The second-order valence-electron chi connectivity index (χ2n) is 11.5. The Balaban J connectivity index is 1.54. The van der Waals surface area contributed by atoms with Gasteiger partial charge in [0, 0.05) is 29.4 Å². The van der Waals surface area contributed by atoms with Crippen LogP contribution in [0, 0.1) is 0 Å². The highest BCUT2D eigenvalue weighted by Gasteiger charge is 2.34. The summed E-state index contributed by atoms with van der Waals surface area (Å²) in [6.45, 7) is -0.346. The molecule has 230 valence electrons. The van der Waals surface area contributed by atoms with E-state index in [-0.39, 0.29) is 24.9 Å². The number of hydrogen-bond acceptors (Lipinski definition) is 4. The molecule has 0 heterocycles. The van der Waals surface area contributed by atoms with E-state index in [1.807, 2.05) is 72.8 Å². The number of fused-ring (bicyclic) bond motifs is 1. The van der Waals surface area contributed by atoms with Gasteiger partial charge in [-0.3, -0.25) is 13.9 Å². The summed E-state index contributed by atoms with van der Waals surface area (Å²) in [4.78, 5) is 30.0. The summed E-state index contributed by atoms with van der Waals surface area (Å²) < 4.78 is 27.6. The van der Waals surface area contributed by atoms with Gasteiger partial charge in [-0.15, -0.1) is 0 Å². The van der Waals surface area contributed by atoms with E-state index in [0.29, 0.717) is 16.1 Å². The topological polar surface area (TPSA) is 86.8 Å². The molecule has 1 saturated carbocycles. The first-order valence-corrected chi connectivity index (χ1v) is 17.3. The quantitative estimate of drug-likeness (QED) is 0.209. The monoisotopic (exact) mass is 631 g/mol. The van der Waals surface area contributed by atoms with Gasteiger partial charge in [-0.1, -0.05) is 110 Å². The molecule has 0 aliphatic heterocycles. The molecule has 5 rings (SSSR count). The van der Waals surface area contributed by atoms with Crippen LogP contribution in [0.3, 0.4) is 0 Å². The van der Waals surface area contributed by atoms with Gasteiger partial charge in [-0.25, -0.2) is 8.42 Å². The molecule has 2 amide bonds. The van der Waals surface area contributed by atoms with Crippen molar-refractivity contribution in [2.24, 2.45) is 0 Å². The Hall–Kier alpha value is -3.88. The Morgan fingerprint density at radius 1 is 0.841 bits per heavy atom. The van der Waals surface area contributed by atoms with E-state index in [9.17, 15) is 18.0 Å². The number of sulfonamides is 1. The van der Waals surface area contributed by atoms with Crippen LogP contribution >= 0.6 is 11.6 Å². The standard InChI is InChI=1S/C35H38ClN3O4S/c1-44(42,43)39(32-18-10-14-28-13-8-9-17-31(28)32)25-34(40)38(24-27-19-21-29(36)22-20-27)33(23-26-11-4-2-5-12-26)35(41)37-30-15-6-3-7-16-30/h2,4-5,8-14,17-22,30,33H,3,6-7,15-16,23-25H2,1H3,(H,37,41)/t33-/m1/s1. The molecule has 1 aliphatic rings. The Morgan fingerprint density at radius 2 is 1.50 bits per heavy atom. The summed E-state index contributed by atoms with van der Waals surface area (Å²) in [5, 5.41) is 5.36. The van der Waals surface area contributed by atoms with Crippen molar-refractivity contribution < 1.29 is 18.0 Å². The number of amides is 2. The van der Waals surface area contributed by atoms with Crippen molar-refractivity contribution >= 4 is 49.9 Å². The third-order valence-corrected chi connectivity index (χ3v) is 9.58. The Bertz CT molecular complexity index is 1690. The zero-order chi connectivity index (χ0) is 31.1. The summed E-state index contributed by atoms with van der Waals surface area (Å²) in [6, 6.07) is 28.8. The minimum Gasteiger partial charge on any atom is -0.352 e. The second kappa shape index (κ2) is 14.3. The maximum atomic E-state index is 14.4. The van der Waals surface area contributed by atoms with Gasteiger partial charge in [0.15, 0.2) is 0 Å². The van der Waals surface area contributed by atoms with E-state index in [4.69, 9.17) is 11.6 Å². The number of carbonyl (C=O) groups excluding carboxylic acids is 2. The fraction of sp³-hybridized carbons (Fsp3) is 0.314. The van der Waals surface area contributed by atoms with Crippen LogP contribution in [-0.2, 0) is 32.6 Å². The summed E-state index contributed by atoms with van der Waals surface area (Å²) in [5.41, 5.74) is 2.10. The lowest BCUT2D eigenvalue weighted by molar-refractivity contribution is -0.140. The normalized spacial score (nSPS) is 14.6. The average molecular weight is 632 g/mol. The largest absolute Gasteiger partial charge is 0.352 e. The lowest BCUT2D eigenvalue weighted by atomic mass is 9.94. The van der Waals surface area contributed by atoms with Gasteiger partial charge in [-0.05, 0) is 47.6 Å². The lowest BCUT2D eigenvalue weighted by Gasteiger charge is -2.35. The van der Waals surface area contributed by atoms with Crippen LogP contribution in [0.5, 0.6) is 0 Å². The highest BCUT2D eigenvalue weighted by atomic mass is 35.5. The van der Waals surface area contributed by atoms with Crippen LogP contribution in [0.4, 0.5) is 5.69 Å². The van der Waals surface area contributed by atoms with Crippen molar-refractivity contribution in [3.05, 3.63) is 113 Å². The molecule has 0 unspecified atom stereocenters. The van der Waals surface area contributed by atoms with Gasteiger partial charge >= 0.3 is 0 Å². The number of halogens is 1. The first-order chi connectivity index (χ1) is 21.2. The van der Waals surface area contributed by atoms with E-state index in [1.165, 1.54) is 4.90 Å². The summed E-state index contributed by atoms with van der Waals surface area (Å²) >= 11 is 6.16. The van der Waals surface area contributed by atoms with Crippen LogP contribution in [0.15, 0.2) is 97.1 Å². The van der Waals surface area contributed by atoms with Gasteiger partial charge in [-0.2, -0.15) is 0 Å². The highest BCUT2D eigenvalue weighted by molar-refractivity contribution is 7.92. The molecule has 0 radical (unpaired) electrons. The number of hydrogen-bond donors (Lipinski definition) is 1. The number of carbonyl (C=O) groups is 2. The molecule has 9 heteroatoms. The first kappa shape index (κ1) is 31.5. The van der Waals surface area contributed by atoms with Gasteiger partial charge in [0.1, 0.15) is 12.6 Å². The molecular weight excluding hydrogens is 594 g/mol. The zero-order valence-electron chi connectivity index (χ0n) is 24.9. The minimum atomic E-state index is -3.88. The molecular formula is C35H38ClN3O4S. The molecule has 0 spiro atoms. The van der Waals surface area contributed by atoms with Crippen molar-refractivity contribution in [2.75, 3.05) is 17.1 Å². The van der Waals surface area contributed by atoms with E-state index in [2.05, 4.69) is 5.32 Å². The van der Waals surface area contributed by atoms with Gasteiger partial charge < -0.3 is 10.2 Å². The van der Waals surface area contributed by atoms with Crippen molar-refractivity contribution in [2.45, 2.75) is 57.2 Å². The van der Waals surface area contributed by atoms with E-state index < -0.39 is 28.5 Å². The van der Waals surface area contributed by atoms with Crippen LogP contribution in [-0.4, -0.2) is 50.0 Å². The van der Waals surface area contributed by atoms with Gasteiger partial charge in [0.25, 0.3) is 0 Å². The Kier molecular flexibility index (Phi) is 10.2. The number of anilines is 1. The van der Waals surface area contributed by atoms with Crippen LogP contribution in [0.2, 0.25) is 5.02 Å². The number of nitrogens with zero attached hydrogens (tertiary/aromatic N) is 2. The maximum Gasteiger partial charge on any atom is 0.244 e. The van der Waals surface area contributed by atoms with E-state index in [0.717, 1.165) is 59.2 Å². The van der Waals surface area contributed by atoms with E-state index in [1.54, 1.807) is 24.3 Å². The number of benzene rings is 4. The molecule has 1 fully saturated rings. The summed E-state index contributed by atoms with van der Waals surface area (Å²) in [7, 11) is -3.88. The van der Waals surface area contributed by atoms with Crippen molar-refractivity contribution in [3.8, 4) is 0 Å². The molecule has 0 bridgehead atoms. The molecule has 7 nitrogen and oxygen atoms in total. The molecule has 0 saturated heterocycles. The predicted molar refractivity (Wildman–Crippen MR) is 177 cm³/mol. The van der Waals surface area contributed by atoms with E-state index >= 15 is 0 Å². The predicted octanol–water partition coefficient (Wildman–Crippen LogP) is 6.35. The molecule has 44 heavy (non-hydrogen) atoms. The Morgan fingerprint density at radius 3 is 2.20 bits per heavy atom. The molecule has 1 atom stereocenters. The molecule has 4 aromatic rings. The van der Waals surface area contributed by atoms with Crippen LogP contribution in [0.1, 0.15) is 43.2 Å². The number of nitrogens with one attached hydrogen (secondary N) is 1. The van der Waals surface area contributed by atoms with Gasteiger partial charge in [0.2, 0.25) is 21.8 Å².